The van der Waals surface area contributed by atoms with Gasteiger partial charge in [-0.05, 0) is 182 Å². The number of aromatic nitrogens is 8. The Bertz CT molecular complexity index is 4900. The van der Waals surface area contributed by atoms with Crippen LogP contribution >= 0.6 is 0 Å². The molecule has 15 N–H and O–H groups in total. The second kappa shape index (κ2) is 47.1. The number of rotatable bonds is 30. The van der Waals surface area contributed by atoms with E-state index in [4.69, 9.17) is 33.7 Å². The summed E-state index contributed by atoms with van der Waals surface area (Å²) < 4.78 is 0. The van der Waals surface area contributed by atoms with Crippen LogP contribution in [-0.2, 0) is 65.4 Å². The predicted octanol–water partition coefficient (Wildman–Crippen LogP) is 19.9. The third kappa shape index (κ3) is 33.1. The molecule has 0 unspecified atom stereocenters. The van der Waals surface area contributed by atoms with Crippen molar-refractivity contribution in [3.63, 3.8) is 0 Å². The SMILES string of the molecule is Cc1ccc(Nc2cc(CN(C)Cc3ccccc3)cc(N)n2)cc1.Cc1ccc(Nc2cc(CN(C)Cc3ccccc3)nc(N)n2)cc1.Cc1ccc(Nc2cc(N)cc(CN(C)Cc3ccccc3)n2)cc1.Cc1ccc(Nc2cc(N)nc(CN(C)Cc3ccccc3)n2)cc1.Cc1ccc(Nc2nc(N)cc(CN(C)Cc3ccccc3)n2)cc1. The van der Waals surface area contributed by atoms with Crippen LogP contribution in [0.15, 0.2) is 315 Å². The van der Waals surface area contributed by atoms with Gasteiger partial charge in [0.05, 0.1) is 23.6 Å². The van der Waals surface area contributed by atoms with Crippen LogP contribution in [-0.4, -0.2) is 99.6 Å². The zero-order valence-electron chi connectivity index (χ0n) is 73.3. The summed E-state index contributed by atoms with van der Waals surface area (Å²) in [5.74, 6) is 5.92. The van der Waals surface area contributed by atoms with Crippen molar-refractivity contribution in [2.75, 3.05) is 90.5 Å². The Kier molecular flexibility index (Phi) is 34.4. The van der Waals surface area contributed by atoms with Crippen LogP contribution < -0.4 is 55.3 Å². The molecule has 0 bridgehead atoms. The zero-order chi connectivity index (χ0) is 88.2. The molecule has 15 aromatic rings. The van der Waals surface area contributed by atoms with Gasteiger partial charge in [-0.3, -0.25) is 24.5 Å². The molecule has 0 atom stereocenters. The maximum atomic E-state index is 6.07. The quantitative estimate of drug-likeness (QED) is 0.0200. The van der Waals surface area contributed by atoms with E-state index in [9.17, 15) is 0 Å². The van der Waals surface area contributed by atoms with E-state index in [0.29, 0.717) is 66.2 Å². The number of hydrogen-bond acceptors (Lipinski definition) is 23. The van der Waals surface area contributed by atoms with Gasteiger partial charge in [0.15, 0.2) is 0 Å². The summed E-state index contributed by atoms with van der Waals surface area (Å²) in [5.41, 5.74) is 51.8. The van der Waals surface area contributed by atoms with E-state index in [1.807, 2.05) is 153 Å². The summed E-state index contributed by atoms with van der Waals surface area (Å²) >= 11 is 0. The van der Waals surface area contributed by atoms with Gasteiger partial charge in [0, 0.05) is 117 Å². The topological polar surface area (TPSA) is 310 Å². The van der Waals surface area contributed by atoms with E-state index in [2.05, 4.69) is 313 Å². The highest BCUT2D eigenvalue weighted by molar-refractivity contribution is 5.63. The average molecular weight is 1670 g/mol. The van der Waals surface area contributed by atoms with E-state index < -0.39 is 0 Å². The van der Waals surface area contributed by atoms with Crippen molar-refractivity contribution in [1.29, 1.82) is 0 Å². The summed E-state index contributed by atoms with van der Waals surface area (Å²) in [7, 11) is 10.4. The van der Waals surface area contributed by atoms with Crippen molar-refractivity contribution in [2.24, 2.45) is 0 Å². The average Bonchev–Trinajstić information content (AvgIpc) is 0.868. The number of hydrogen-bond donors (Lipinski definition) is 10. The van der Waals surface area contributed by atoms with Crippen LogP contribution in [0.4, 0.5) is 86.7 Å². The summed E-state index contributed by atoms with van der Waals surface area (Å²) in [5, 5.41) is 16.4. The molecule has 5 aromatic heterocycles. The lowest BCUT2D eigenvalue weighted by molar-refractivity contribution is 0.311. The zero-order valence-corrected chi connectivity index (χ0v) is 73.3. The largest absolute Gasteiger partial charge is 0.399 e. The van der Waals surface area contributed by atoms with Crippen LogP contribution in [0.2, 0.25) is 0 Å². The Labute approximate surface area is 737 Å². The molecule has 640 valence electrons. The van der Waals surface area contributed by atoms with Crippen molar-refractivity contribution in [1.82, 2.24) is 64.4 Å². The van der Waals surface area contributed by atoms with Crippen LogP contribution in [0.1, 0.15) is 84.1 Å². The Balaban J connectivity index is 0.000000152. The fourth-order valence-electron chi connectivity index (χ4n) is 13.5. The molecule has 5 heterocycles. The molecule has 0 spiro atoms. The van der Waals surface area contributed by atoms with Crippen molar-refractivity contribution in [3.8, 4) is 0 Å². The van der Waals surface area contributed by atoms with E-state index in [1.54, 1.807) is 6.07 Å². The van der Waals surface area contributed by atoms with E-state index >= 15 is 0 Å². The van der Waals surface area contributed by atoms with Gasteiger partial charge in [-0.25, -0.2) is 29.9 Å². The number of nitrogens with zero attached hydrogens (tertiary/aromatic N) is 13. The van der Waals surface area contributed by atoms with Crippen molar-refractivity contribution in [2.45, 2.75) is 100 Å². The second-order valence-electron chi connectivity index (χ2n) is 31.6. The molecule has 0 aliphatic heterocycles. The van der Waals surface area contributed by atoms with Crippen molar-refractivity contribution in [3.05, 3.63) is 400 Å². The molecule has 0 amide bonds. The highest BCUT2D eigenvalue weighted by Gasteiger charge is 2.14. The number of nitrogens with two attached hydrogens (primary N) is 5. The van der Waals surface area contributed by atoms with E-state index in [1.165, 1.54) is 55.6 Å². The minimum atomic E-state index is 0.278. The second-order valence-corrected chi connectivity index (χ2v) is 31.6. The molecule has 0 radical (unpaired) electrons. The monoisotopic (exact) mass is 1660 g/mol. The molecule has 23 heteroatoms. The van der Waals surface area contributed by atoms with Crippen molar-refractivity contribution < 1.29 is 0 Å². The molecule has 0 saturated carbocycles. The number of nitrogens with one attached hydrogen (secondary N) is 5. The number of benzene rings is 10. The lowest BCUT2D eigenvalue weighted by atomic mass is 10.2. The van der Waals surface area contributed by atoms with Crippen LogP contribution in [0.5, 0.6) is 0 Å². The summed E-state index contributed by atoms with van der Waals surface area (Å²) in [6.45, 7) is 18.2. The van der Waals surface area contributed by atoms with Gasteiger partial charge >= 0.3 is 0 Å². The number of nitrogen functional groups attached to an aromatic ring is 5. The van der Waals surface area contributed by atoms with E-state index in [-0.39, 0.29) is 5.95 Å². The Morgan fingerprint density at radius 2 is 0.520 bits per heavy atom. The van der Waals surface area contributed by atoms with Crippen molar-refractivity contribution >= 4 is 86.7 Å². The van der Waals surface area contributed by atoms with Gasteiger partial charge in [-0.1, -0.05) is 240 Å². The molecule has 0 fully saturated rings. The van der Waals surface area contributed by atoms with Crippen LogP contribution in [0, 0.1) is 34.6 Å². The highest BCUT2D eigenvalue weighted by Crippen LogP contribution is 2.26. The van der Waals surface area contributed by atoms with Gasteiger partial charge in [-0.2, -0.15) is 9.97 Å². The predicted molar refractivity (Wildman–Crippen MR) is 517 cm³/mol. The number of pyridine rings is 2. The Hall–Kier alpha value is -14.5. The highest BCUT2D eigenvalue weighted by atomic mass is 15.2. The normalized spacial score (nSPS) is 10.8. The van der Waals surface area contributed by atoms with Gasteiger partial charge in [0.1, 0.15) is 46.5 Å². The molecule has 23 nitrogen and oxygen atoms in total. The van der Waals surface area contributed by atoms with Gasteiger partial charge in [0.25, 0.3) is 0 Å². The smallest absolute Gasteiger partial charge is 0.229 e. The summed E-state index contributed by atoms with van der Waals surface area (Å²) in [6.07, 6.45) is 0. The first kappa shape index (κ1) is 91.3. The molecule has 10 aromatic carbocycles. The molecule has 0 saturated heterocycles. The van der Waals surface area contributed by atoms with E-state index in [0.717, 1.165) is 109 Å². The fraction of sp³-hybridized carbons (Fsp3) is 0.196. The maximum Gasteiger partial charge on any atom is 0.229 e. The first-order valence-corrected chi connectivity index (χ1v) is 41.7. The first-order chi connectivity index (χ1) is 60.4. The Morgan fingerprint density at radius 1 is 0.224 bits per heavy atom. The molecule has 0 aliphatic carbocycles. The molecule has 15 rings (SSSR count). The summed E-state index contributed by atoms with van der Waals surface area (Å²) in [4.78, 5) is 46.6. The van der Waals surface area contributed by atoms with Gasteiger partial charge in [0.2, 0.25) is 11.9 Å². The third-order valence-corrected chi connectivity index (χ3v) is 19.4. The lowest BCUT2D eigenvalue weighted by Crippen LogP contribution is -2.19. The van der Waals surface area contributed by atoms with Crippen LogP contribution in [0.25, 0.3) is 0 Å². The molecular formula is C102H117N23. The maximum absolute atomic E-state index is 6.07. The Morgan fingerprint density at radius 3 is 0.904 bits per heavy atom. The third-order valence-electron chi connectivity index (χ3n) is 19.4. The minimum absolute atomic E-state index is 0.278. The summed E-state index contributed by atoms with van der Waals surface area (Å²) in [6, 6.07) is 106. The van der Waals surface area contributed by atoms with Gasteiger partial charge < -0.3 is 55.3 Å². The first-order valence-electron chi connectivity index (χ1n) is 41.7. The standard InChI is InChI=1S/2C21H24N4.3C20H23N5/c1-16-8-10-19(11-9-16)23-21-13-18(22)12-20(24-21)15-25(2)14-17-6-4-3-5-7-17;1-16-8-10-19(11-9-16)23-21-13-18(12-20(22)24-21)15-25(2)14-17-6-4-3-5-7-17;1-15-8-10-17(11-9-15)22-19-12-18(21)23-20(24-19)14-25(2)13-16-6-4-3-5-7-16;1-15-8-10-17(11-9-15)22-19-12-18(23-20(21)24-19)14-25(2)13-16-6-4-3-5-7-16;1-15-8-10-17(11-9-15)22-20-23-18(12-19(21)24-20)14-25(2)13-16-6-4-3-5-7-16/h2*3-13H,14-15H2,1-2H3,(H3,22,23,24);3*3-12H,13-14H2,1-2H3,(H3,21,22,23,24). The fourth-order valence-corrected chi connectivity index (χ4v) is 13.5. The molecular weight excluding hydrogens is 1550 g/mol. The number of anilines is 15. The molecule has 0 aliphatic rings. The number of aryl methyl sites for hydroxylation is 5. The minimum Gasteiger partial charge on any atom is -0.399 e. The lowest BCUT2D eigenvalue weighted by Gasteiger charge is -2.18. The van der Waals surface area contributed by atoms with Crippen LogP contribution in [0.3, 0.4) is 0 Å². The molecule has 125 heavy (non-hydrogen) atoms. The van der Waals surface area contributed by atoms with Gasteiger partial charge in [-0.15, -0.1) is 0 Å².